The number of fused-ring (bicyclic) bond motifs is 1. The van der Waals surface area contributed by atoms with Crippen LogP contribution in [0.25, 0.3) is 22.2 Å². The number of nitrogens with one attached hydrogen (secondary N) is 1. The number of pyridine rings is 1. The number of aromatic nitrogens is 2. The Morgan fingerprint density at radius 2 is 1.85 bits per heavy atom. The van der Waals surface area contributed by atoms with Crippen molar-refractivity contribution in [1.29, 1.82) is 0 Å². The molecule has 1 amide bonds. The van der Waals surface area contributed by atoms with Crippen LogP contribution in [0.3, 0.4) is 0 Å². The summed E-state index contributed by atoms with van der Waals surface area (Å²) in [5, 5.41) is 5.41. The molecule has 2 aromatic carbocycles. The summed E-state index contributed by atoms with van der Waals surface area (Å²) >= 11 is 1.13. The lowest BCUT2D eigenvalue weighted by molar-refractivity contribution is 0.102. The molecular formula is C19H11F2N3OS. The Kier molecular flexibility index (Phi) is 4.14. The van der Waals surface area contributed by atoms with E-state index in [9.17, 15) is 13.6 Å². The number of halogens is 2. The maximum absolute atomic E-state index is 13.8. The van der Waals surface area contributed by atoms with Crippen molar-refractivity contribution in [3.05, 3.63) is 77.3 Å². The number of para-hydroxylation sites is 1. The first-order valence-corrected chi connectivity index (χ1v) is 8.56. The van der Waals surface area contributed by atoms with Gasteiger partial charge in [-0.3, -0.25) is 10.1 Å². The topological polar surface area (TPSA) is 54.9 Å². The second-order valence-electron chi connectivity index (χ2n) is 5.51. The van der Waals surface area contributed by atoms with Gasteiger partial charge in [0.25, 0.3) is 5.91 Å². The zero-order valence-electron chi connectivity index (χ0n) is 13.2. The van der Waals surface area contributed by atoms with E-state index in [1.54, 1.807) is 11.4 Å². The number of thiazole rings is 1. The van der Waals surface area contributed by atoms with Crippen LogP contribution < -0.4 is 5.32 Å². The Morgan fingerprint density at radius 3 is 2.73 bits per heavy atom. The van der Waals surface area contributed by atoms with Gasteiger partial charge in [-0.05, 0) is 30.3 Å². The van der Waals surface area contributed by atoms with Crippen molar-refractivity contribution in [2.24, 2.45) is 0 Å². The van der Waals surface area contributed by atoms with E-state index in [1.807, 2.05) is 30.3 Å². The van der Waals surface area contributed by atoms with Gasteiger partial charge in [-0.25, -0.2) is 18.7 Å². The number of carbonyl (C=O) groups excluding carboxylic acids is 1. The second-order valence-corrected chi connectivity index (χ2v) is 6.36. The van der Waals surface area contributed by atoms with E-state index in [0.29, 0.717) is 5.52 Å². The summed E-state index contributed by atoms with van der Waals surface area (Å²) < 4.78 is 27.2. The molecule has 0 radical (unpaired) electrons. The van der Waals surface area contributed by atoms with Gasteiger partial charge in [0.2, 0.25) is 0 Å². The van der Waals surface area contributed by atoms with E-state index in [1.165, 1.54) is 0 Å². The molecule has 2 heterocycles. The third-order valence-electron chi connectivity index (χ3n) is 3.76. The van der Waals surface area contributed by atoms with Crippen molar-refractivity contribution < 1.29 is 13.6 Å². The number of benzene rings is 2. The van der Waals surface area contributed by atoms with E-state index >= 15 is 0 Å². The van der Waals surface area contributed by atoms with Gasteiger partial charge >= 0.3 is 0 Å². The maximum atomic E-state index is 13.8. The van der Waals surface area contributed by atoms with E-state index in [2.05, 4.69) is 15.3 Å². The molecule has 0 saturated carbocycles. The molecule has 0 spiro atoms. The van der Waals surface area contributed by atoms with E-state index in [-0.39, 0.29) is 22.1 Å². The zero-order chi connectivity index (χ0) is 18.1. The standard InChI is InChI=1S/C19H11F2N3OS/c20-12-6-7-14(21)13(9-12)17-10-26-19(23-17)24-18(25)16-8-5-11-3-1-2-4-15(11)22-16/h1-10H,(H,23,24,25). The zero-order valence-corrected chi connectivity index (χ0v) is 14.1. The highest BCUT2D eigenvalue weighted by Crippen LogP contribution is 2.28. The number of rotatable bonds is 3. The molecule has 1 N–H and O–H groups in total. The number of amides is 1. The summed E-state index contributed by atoms with van der Waals surface area (Å²) in [4.78, 5) is 20.9. The second kappa shape index (κ2) is 6.61. The first-order valence-electron chi connectivity index (χ1n) is 7.68. The predicted octanol–water partition coefficient (Wildman–Crippen LogP) is 4.89. The molecule has 26 heavy (non-hydrogen) atoms. The van der Waals surface area contributed by atoms with Gasteiger partial charge in [-0.2, -0.15) is 0 Å². The molecule has 2 aromatic heterocycles. The van der Waals surface area contributed by atoms with E-state index in [4.69, 9.17) is 0 Å². The number of carbonyl (C=O) groups is 1. The van der Waals surface area contributed by atoms with Crippen molar-refractivity contribution in [3.8, 4) is 11.3 Å². The van der Waals surface area contributed by atoms with Gasteiger partial charge in [0.15, 0.2) is 5.13 Å². The van der Waals surface area contributed by atoms with Crippen LogP contribution in [0.5, 0.6) is 0 Å². The largest absolute Gasteiger partial charge is 0.296 e. The molecule has 0 fully saturated rings. The van der Waals surface area contributed by atoms with Gasteiger partial charge < -0.3 is 0 Å². The summed E-state index contributed by atoms with van der Waals surface area (Å²) in [6, 6.07) is 14.1. The first kappa shape index (κ1) is 16.3. The molecule has 0 aliphatic rings. The van der Waals surface area contributed by atoms with E-state index < -0.39 is 17.5 Å². The fourth-order valence-corrected chi connectivity index (χ4v) is 3.21. The molecule has 0 saturated heterocycles. The van der Waals surface area contributed by atoms with E-state index in [0.717, 1.165) is 34.9 Å². The van der Waals surface area contributed by atoms with Crippen molar-refractivity contribution in [1.82, 2.24) is 9.97 Å². The fourth-order valence-electron chi connectivity index (χ4n) is 2.50. The molecule has 0 aliphatic carbocycles. The average molecular weight is 367 g/mol. The Morgan fingerprint density at radius 1 is 1.00 bits per heavy atom. The molecule has 4 aromatic rings. The molecule has 7 heteroatoms. The number of hydrogen-bond acceptors (Lipinski definition) is 4. The summed E-state index contributed by atoms with van der Waals surface area (Å²) in [5.41, 5.74) is 1.26. The molecule has 0 unspecified atom stereocenters. The molecule has 0 atom stereocenters. The molecule has 0 aliphatic heterocycles. The van der Waals surface area contributed by atoms with Gasteiger partial charge in [0.05, 0.1) is 11.2 Å². The summed E-state index contributed by atoms with van der Waals surface area (Å²) in [6.07, 6.45) is 0. The van der Waals surface area contributed by atoms with Crippen LogP contribution in [0.4, 0.5) is 13.9 Å². The summed E-state index contributed by atoms with van der Waals surface area (Å²) in [7, 11) is 0. The molecule has 128 valence electrons. The number of nitrogens with zero attached hydrogens (tertiary/aromatic N) is 2. The Bertz CT molecular complexity index is 1130. The van der Waals surface area contributed by atoms with Crippen LogP contribution in [-0.2, 0) is 0 Å². The van der Waals surface area contributed by atoms with Crippen LogP contribution in [0.15, 0.2) is 60.0 Å². The van der Waals surface area contributed by atoms with Crippen LogP contribution >= 0.6 is 11.3 Å². The average Bonchev–Trinajstić information content (AvgIpc) is 3.11. The highest BCUT2D eigenvalue weighted by atomic mass is 32.1. The van der Waals surface area contributed by atoms with Crippen LogP contribution in [0, 0.1) is 11.6 Å². The van der Waals surface area contributed by atoms with Crippen molar-refractivity contribution in [3.63, 3.8) is 0 Å². The smallest absolute Gasteiger partial charge is 0.276 e. The minimum absolute atomic E-state index is 0.0468. The Hall–Kier alpha value is -3.19. The van der Waals surface area contributed by atoms with Crippen molar-refractivity contribution in [2.45, 2.75) is 0 Å². The fraction of sp³-hybridized carbons (Fsp3) is 0. The molecular weight excluding hydrogens is 356 g/mol. The Labute approximate surface area is 151 Å². The molecule has 4 nitrogen and oxygen atoms in total. The lowest BCUT2D eigenvalue weighted by atomic mass is 10.1. The number of hydrogen-bond donors (Lipinski definition) is 1. The quantitative estimate of drug-likeness (QED) is 0.561. The lowest BCUT2D eigenvalue weighted by Crippen LogP contribution is -2.13. The van der Waals surface area contributed by atoms with Gasteiger partial charge in [0.1, 0.15) is 17.3 Å². The monoisotopic (exact) mass is 367 g/mol. The predicted molar refractivity (Wildman–Crippen MR) is 97.2 cm³/mol. The minimum Gasteiger partial charge on any atom is -0.296 e. The van der Waals surface area contributed by atoms with Crippen LogP contribution in [0.2, 0.25) is 0 Å². The lowest BCUT2D eigenvalue weighted by Gasteiger charge is -2.03. The first-order chi connectivity index (χ1) is 12.6. The normalized spacial score (nSPS) is 10.8. The number of anilines is 1. The third-order valence-corrected chi connectivity index (χ3v) is 4.52. The van der Waals surface area contributed by atoms with Crippen molar-refractivity contribution in [2.75, 3.05) is 5.32 Å². The molecule has 0 bridgehead atoms. The summed E-state index contributed by atoms with van der Waals surface area (Å²) in [5.74, 6) is -1.55. The van der Waals surface area contributed by atoms with Gasteiger partial charge in [-0.15, -0.1) is 11.3 Å². The summed E-state index contributed by atoms with van der Waals surface area (Å²) in [6.45, 7) is 0. The molecule has 4 rings (SSSR count). The van der Waals surface area contributed by atoms with Gasteiger partial charge in [0, 0.05) is 16.3 Å². The Balaban J connectivity index is 1.58. The SMILES string of the molecule is O=C(Nc1nc(-c2cc(F)ccc2F)cs1)c1ccc2ccccc2n1. The highest BCUT2D eigenvalue weighted by molar-refractivity contribution is 7.14. The van der Waals surface area contributed by atoms with Gasteiger partial charge in [-0.1, -0.05) is 24.3 Å². The van der Waals surface area contributed by atoms with Crippen molar-refractivity contribution >= 4 is 33.3 Å². The van der Waals surface area contributed by atoms with Crippen LogP contribution in [0.1, 0.15) is 10.5 Å². The third kappa shape index (κ3) is 3.16. The minimum atomic E-state index is -0.578. The maximum Gasteiger partial charge on any atom is 0.276 e. The van der Waals surface area contributed by atoms with Crippen LogP contribution in [-0.4, -0.2) is 15.9 Å². The highest BCUT2D eigenvalue weighted by Gasteiger charge is 2.14.